The van der Waals surface area contributed by atoms with Crippen LogP contribution in [0.2, 0.25) is 0 Å². The van der Waals surface area contributed by atoms with Crippen LogP contribution in [0.3, 0.4) is 0 Å². The number of nitrogens with zero attached hydrogens (tertiary/aromatic N) is 2. The highest BCUT2D eigenvalue weighted by atomic mass is 19.1. The van der Waals surface area contributed by atoms with Crippen LogP contribution in [-0.2, 0) is 6.54 Å². The molecule has 19 heavy (non-hydrogen) atoms. The van der Waals surface area contributed by atoms with Gasteiger partial charge in [0.2, 0.25) is 0 Å². The molecule has 0 aliphatic carbocycles. The zero-order chi connectivity index (χ0) is 13.2. The van der Waals surface area contributed by atoms with Gasteiger partial charge in [-0.05, 0) is 34.5 Å². The molecule has 1 heterocycles. The first-order valence-corrected chi connectivity index (χ1v) is 5.98. The third kappa shape index (κ3) is 2.29. The number of fused-ring (bicyclic) bond motifs is 1. The van der Waals surface area contributed by atoms with Crippen molar-refractivity contribution in [2.45, 2.75) is 6.54 Å². The molecule has 0 atom stereocenters. The van der Waals surface area contributed by atoms with Crippen LogP contribution in [0.4, 0.5) is 4.39 Å². The number of ether oxygens (including phenoxy) is 1. The van der Waals surface area contributed by atoms with Crippen LogP contribution in [-0.4, -0.2) is 16.7 Å². The molecule has 0 aliphatic heterocycles. The third-order valence-corrected chi connectivity index (χ3v) is 3.10. The van der Waals surface area contributed by atoms with Gasteiger partial charge in [-0.3, -0.25) is 0 Å². The van der Waals surface area contributed by atoms with Crippen molar-refractivity contribution in [3.05, 3.63) is 60.4 Å². The van der Waals surface area contributed by atoms with Gasteiger partial charge in [0.1, 0.15) is 0 Å². The van der Waals surface area contributed by atoms with Crippen LogP contribution >= 0.6 is 0 Å². The molecule has 4 heteroatoms. The van der Waals surface area contributed by atoms with Gasteiger partial charge in [0.05, 0.1) is 13.4 Å². The average molecular weight is 256 g/mol. The van der Waals surface area contributed by atoms with Gasteiger partial charge in [-0.25, -0.2) is 9.37 Å². The van der Waals surface area contributed by atoms with Crippen LogP contribution < -0.4 is 4.74 Å². The van der Waals surface area contributed by atoms with E-state index in [1.54, 1.807) is 18.6 Å². The Balaban J connectivity index is 2.01. The van der Waals surface area contributed by atoms with E-state index in [1.807, 2.05) is 29.0 Å². The van der Waals surface area contributed by atoms with E-state index in [9.17, 15) is 4.39 Å². The standard InChI is InChI=1S/C15H13FN2O/c1-19-15-8-12-3-2-11(6-13(12)7-14(15)16)9-18-5-4-17-10-18/h2-8,10H,9H2,1H3. The number of imidazole rings is 1. The monoisotopic (exact) mass is 256 g/mol. The second-order valence-electron chi connectivity index (χ2n) is 4.40. The summed E-state index contributed by atoms with van der Waals surface area (Å²) in [5.74, 6) is -0.0651. The molecule has 0 spiro atoms. The van der Waals surface area contributed by atoms with Crippen molar-refractivity contribution in [3.8, 4) is 5.75 Å². The topological polar surface area (TPSA) is 27.1 Å². The summed E-state index contributed by atoms with van der Waals surface area (Å²) in [7, 11) is 1.47. The lowest BCUT2D eigenvalue weighted by molar-refractivity contribution is 0.387. The molecule has 0 saturated carbocycles. The Hall–Kier alpha value is -2.36. The molecule has 96 valence electrons. The number of hydrogen-bond acceptors (Lipinski definition) is 2. The molecule has 0 saturated heterocycles. The van der Waals surface area contributed by atoms with E-state index < -0.39 is 0 Å². The fourth-order valence-electron chi connectivity index (χ4n) is 2.14. The van der Waals surface area contributed by atoms with E-state index in [4.69, 9.17) is 4.74 Å². The number of methoxy groups -OCH3 is 1. The average Bonchev–Trinajstić information content (AvgIpc) is 2.90. The van der Waals surface area contributed by atoms with Gasteiger partial charge in [-0.1, -0.05) is 12.1 Å². The molecule has 0 radical (unpaired) electrons. The van der Waals surface area contributed by atoms with E-state index in [-0.39, 0.29) is 11.6 Å². The first-order valence-electron chi connectivity index (χ1n) is 5.98. The highest BCUT2D eigenvalue weighted by Gasteiger charge is 2.05. The molecule has 3 aromatic rings. The maximum Gasteiger partial charge on any atom is 0.165 e. The maximum atomic E-state index is 13.7. The largest absolute Gasteiger partial charge is 0.494 e. The van der Waals surface area contributed by atoms with Crippen LogP contribution in [0.1, 0.15) is 5.56 Å². The van der Waals surface area contributed by atoms with Gasteiger partial charge in [-0.2, -0.15) is 0 Å². The van der Waals surface area contributed by atoms with Crippen molar-refractivity contribution in [1.82, 2.24) is 9.55 Å². The summed E-state index contributed by atoms with van der Waals surface area (Å²) in [6.45, 7) is 0.726. The predicted molar refractivity (Wildman–Crippen MR) is 71.8 cm³/mol. The number of halogens is 1. The van der Waals surface area contributed by atoms with Crippen molar-refractivity contribution >= 4 is 10.8 Å². The molecule has 1 aromatic heterocycles. The molecule has 0 amide bonds. The molecule has 0 aliphatic rings. The molecular formula is C15H13FN2O. The van der Waals surface area contributed by atoms with Crippen molar-refractivity contribution in [3.63, 3.8) is 0 Å². The molecule has 3 nitrogen and oxygen atoms in total. The first kappa shape index (κ1) is 11.7. The van der Waals surface area contributed by atoms with Crippen molar-refractivity contribution in [1.29, 1.82) is 0 Å². The zero-order valence-electron chi connectivity index (χ0n) is 10.5. The lowest BCUT2D eigenvalue weighted by Crippen LogP contribution is -1.96. The lowest BCUT2D eigenvalue weighted by atomic mass is 10.1. The van der Waals surface area contributed by atoms with Crippen LogP contribution in [0.5, 0.6) is 5.75 Å². The lowest BCUT2D eigenvalue weighted by Gasteiger charge is -2.07. The molecule has 0 bridgehead atoms. The second kappa shape index (κ2) is 4.72. The SMILES string of the molecule is COc1cc2ccc(Cn3ccnc3)cc2cc1F. The highest BCUT2D eigenvalue weighted by molar-refractivity contribution is 5.84. The summed E-state index contributed by atoms with van der Waals surface area (Å²) in [6, 6.07) is 9.21. The Morgan fingerprint density at radius 2 is 2.11 bits per heavy atom. The Morgan fingerprint density at radius 1 is 1.21 bits per heavy atom. The van der Waals surface area contributed by atoms with E-state index in [1.165, 1.54) is 13.2 Å². The summed E-state index contributed by atoms with van der Waals surface area (Å²) in [5, 5.41) is 1.84. The van der Waals surface area contributed by atoms with Crippen LogP contribution in [0.15, 0.2) is 49.1 Å². The van der Waals surface area contributed by atoms with Gasteiger partial charge in [0.15, 0.2) is 11.6 Å². The molecule has 3 rings (SSSR count). The smallest absolute Gasteiger partial charge is 0.165 e. The predicted octanol–water partition coefficient (Wildman–Crippen LogP) is 3.23. The first-order chi connectivity index (χ1) is 9.26. The minimum absolute atomic E-state index is 0.273. The minimum Gasteiger partial charge on any atom is -0.494 e. The summed E-state index contributed by atoms with van der Waals surface area (Å²) >= 11 is 0. The van der Waals surface area contributed by atoms with E-state index in [2.05, 4.69) is 4.98 Å². The van der Waals surface area contributed by atoms with Gasteiger partial charge in [-0.15, -0.1) is 0 Å². The Morgan fingerprint density at radius 3 is 2.84 bits per heavy atom. The van der Waals surface area contributed by atoms with Crippen LogP contribution in [0, 0.1) is 5.82 Å². The van der Waals surface area contributed by atoms with Gasteiger partial charge in [0, 0.05) is 18.9 Å². The summed E-state index contributed by atoms with van der Waals surface area (Å²) < 4.78 is 20.6. The highest BCUT2D eigenvalue weighted by Crippen LogP contribution is 2.25. The summed E-state index contributed by atoms with van der Waals surface area (Å²) in [4.78, 5) is 4.00. The van der Waals surface area contributed by atoms with Crippen molar-refractivity contribution < 1.29 is 9.13 Å². The molecule has 0 N–H and O–H groups in total. The normalized spacial score (nSPS) is 10.8. The molecule has 0 unspecified atom stereocenters. The van der Waals surface area contributed by atoms with E-state index in [0.717, 1.165) is 22.9 Å². The van der Waals surface area contributed by atoms with E-state index in [0.29, 0.717) is 0 Å². The molecule has 2 aromatic carbocycles. The summed E-state index contributed by atoms with van der Waals surface area (Å²) in [6.07, 6.45) is 5.41. The van der Waals surface area contributed by atoms with Gasteiger partial charge in [0.25, 0.3) is 0 Å². The second-order valence-corrected chi connectivity index (χ2v) is 4.40. The number of aromatic nitrogens is 2. The maximum absolute atomic E-state index is 13.7. The number of benzene rings is 2. The summed E-state index contributed by atoms with van der Waals surface area (Å²) in [5.41, 5.74) is 1.11. The molecule has 0 fully saturated rings. The van der Waals surface area contributed by atoms with Crippen molar-refractivity contribution in [2.24, 2.45) is 0 Å². The molecular weight excluding hydrogens is 243 g/mol. The fourth-order valence-corrected chi connectivity index (χ4v) is 2.14. The van der Waals surface area contributed by atoms with Gasteiger partial charge < -0.3 is 9.30 Å². The third-order valence-electron chi connectivity index (χ3n) is 3.10. The fraction of sp³-hybridized carbons (Fsp3) is 0.133. The Kier molecular flexibility index (Phi) is 2.91. The quantitative estimate of drug-likeness (QED) is 0.719. The van der Waals surface area contributed by atoms with Crippen LogP contribution in [0.25, 0.3) is 10.8 Å². The number of rotatable bonds is 3. The van der Waals surface area contributed by atoms with E-state index >= 15 is 0 Å². The zero-order valence-corrected chi connectivity index (χ0v) is 10.5. The Bertz CT molecular complexity index is 707. The minimum atomic E-state index is -0.338. The Labute approximate surface area is 110 Å². The van der Waals surface area contributed by atoms with Crippen molar-refractivity contribution in [2.75, 3.05) is 7.11 Å². The number of hydrogen-bond donors (Lipinski definition) is 0. The van der Waals surface area contributed by atoms with Gasteiger partial charge >= 0.3 is 0 Å².